The first-order valence-corrected chi connectivity index (χ1v) is 5.51. The van der Waals surface area contributed by atoms with E-state index in [1.165, 1.54) is 0 Å². The third-order valence-electron chi connectivity index (χ3n) is 1.98. The zero-order chi connectivity index (χ0) is 9.45. The Morgan fingerprint density at radius 2 is 1.15 bits per heavy atom. The van der Waals surface area contributed by atoms with Gasteiger partial charge in [-0.25, -0.2) is 0 Å². The number of quaternary nitrogens is 1. The van der Waals surface area contributed by atoms with Crippen LogP contribution in [0.3, 0.4) is 0 Å². The molecule has 0 spiro atoms. The summed E-state index contributed by atoms with van der Waals surface area (Å²) in [7, 11) is 0. The molecule has 82 valence electrons. The second-order valence-electron chi connectivity index (χ2n) is 2.80. The molecule has 0 saturated heterocycles. The average Bonchev–Trinajstić information content (AvgIpc) is 2.06. The van der Waals surface area contributed by atoms with Crippen molar-refractivity contribution in [2.24, 2.45) is 0 Å². The van der Waals surface area contributed by atoms with Crippen molar-refractivity contribution in [1.82, 2.24) is 0 Å². The number of nitrogens with zero attached hydrogens (tertiary/aromatic N) is 1. The maximum atomic E-state index is 8.80. The molecule has 0 aliphatic carbocycles. The fourth-order valence-corrected chi connectivity index (χ4v) is 2.17. The summed E-state index contributed by atoms with van der Waals surface area (Å²) in [5.41, 5.74) is 0. The quantitative estimate of drug-likeness (QED) is 0.243. The number of aliphatic hydroxyl groups is 3. The van der Waals surface area contributed by atoms with Crippen LogP contribution in [0.5, 0.6) is 0 Å². The monoisotopic (exact) mass is 307 g/mol. The van der Waals surface area contributed by atoms with E-state index in [2.05, 4.69) is 22.6 Å². The van der Waals surface area contributed by atoms with Crippen LogP contribution >= 0.6 is 22.6 Å². The lowest BCUT2D eigenvalue weighted by atomic mass is 10.4. The molecule has 0 amide bonds. The molecule has 0 saturated carbocycles. The van der Waals surface area contributed by atoms with Gasteiger partial charge in [-0.05, 0) is 22.6 Å². The molecule has 0 aromatic heterocycles. The Labute approximate surface area is 92.0 Å². The maximum absolute atomic E-state index is 8.80. The summed E-state index contributed by atoms with van der Waals surface area (Å²) in [4.78, 5) is 0. The van der Waals surface area contributed by atoms with Gasteiger partial charge in [-0.3, -0.25) is 0 Å². The van der Waals surface area contributed by atoms with E-state index >= 15 is 0 Å². The summed E-state index contributed by atoms with van der Waals surface area (Å²) in [6, 6.07) is 0. The summed E-state index contributed by atoms with van der Waals surface area (Å²) < 4.78 is 1.39. The number of aliphatic hydroxyl groups excluding tert-OH is 3. The number of alkyl halides is 1. The Morgan fingerprint density at radius 3 is 1.31 bits per heavy atom. The number of rotatable bonds is 7. The summed E-state index contributed by atoms with van der Waals surface area (Å²) in [6.45, 7) is 2.10. The van der Waals surface area contributed by atoms with Gasteiger partial charge in [0.2, 0.25) is 0 Å². The first-order chi connectivity index (χ1) is 5.74. The van der Waals surface area contributed by atoms with Gasteiger partial charge in [0.05, 0.1) is 19.8 Å². The summed E-state index contributed by atoms with van der Waals surface area (Å²) in [5, 5.41) is 26.4. The van der Waals surface area contributed by atoms with Crippen LogP contribution in [-0.4, -0.2) is 69.3 Å². The SMILES string of the molecule is OCC[N+](CI)(CCO)CCO.[OH-]. The van der Waals surface area contributed by atoms with E-state index in [1.807, 2.05) is 0 Å². The standard InChI is InChI=1S/C7H17INO3.H2O/c8-7-9(1-4-10,2-5-11)3-6-12;/h10-12H,1-7H2;1H2/q+1;/p-1. The van der Waals surface area contributed by atoms with Gasteiger partial charge in [0, 0.05) is 0 Å². The van der Waals surface area contributed by atoms with Crippen molar-refractivity contribution in [1.29, 1.82) is 0 Å². The highest BCUT2D eigenvalue weighted by Gasteiger charge is 2.23. The third kappa shape index (κ3) is 5.76. The van der Waals surface area contributed by atoms with Crippen LogP contribution in [-0.2, 0) is 0 Å². The first-order valence-electron chi connectivity index (χ1n) is 3.98. The molecule has 0 radical (unpaired) electrons. The van der Waals surface area contributed by atoms with Crippen LogP contribution in [0.1, 0.15) is 0 Å². The molecule has 0 bridgehead atoms. The lowest BCUT2D eigenvalue weighted by Gasteiger charge is -2.35. The Bertz CT molecular complexity index is 97.6. The summed E-state index contributed by atoms with van der Waals surface area (Å²) in [5.74, 6) is 0. The Hall–Kier alpha value is 0.530. The molecule has 6 heteroatoms. The van der Waals surface area contributed by atoms with Crippen LogP contribution in [0.4, 0.5) is 0 Å². The average molecular weight is 307 g/mol. The smallest absolute Gasteiger partial charge is 0.130 e. The van der Waals surface area contributed by atoms with E-state index in [9.17, 15) is 0 Å². The van der Waals surface area contributed by atoms with Crippen LogP contribution < -0.4 is 0 Å². The van der Waals surface area contributed by atoms with Crippen molar-refractivity contribution in [3.05, 3.63) is 0 Å². The summed E-state index contributed by atoms with van der Waals surface area (Å²) in [6.07, 6.45) is 0. The number of halogens is 1. The summed E-state index contributed by atoms with van der Waals surface area (Å²) >= 11 is 2.21. The van der Waals surface area contributed by atoms with Crippen molar-refractivity contribution in [3.63, 3.8) is 0 Å². The van der Waals surface area contributed by atoms with Gasteiger partial charge in [0.15, 0.2) is 0 Å². The third-order valence-corrected chi connectivity index (χ3v) is 3.42. The van der Waals surface area contributed by atoms with Crippen LogP contribution in [0, 0.1) is 0 Å². The second-order valence-corrected chi connectivity index (χ2v) is 3.49. The van der Waals surface area contributed by atoms with E-state index in [-0.39, 0.29) is 25.3 Å². The van der Waals surface area contributed by atoms with Crippen molar-refractivity contribution in [2.45, 2.75) is 0 Å². The molecule has 0 aliphatic heterocycles. The van der Waals surface area contributed by atoms with Crippen LogP contribution in [0.15, 0.2) is 0 Å². The lowest BCUT2D eigenvalue weighted by molar-refractivity contribution is -0.914. The second kappa shape index (κ2) is 9.10. The maximum Gasteiger partial charge on any atom is 0.130 e. The van der Waals surface area contributed by atoms with Gasteiger partial charge in [-0.15, -0.1) is 0 Å². The van der Waals surface area contributed by atoms with Crippen molar-refractivity contribution >= 4 is 22.6 Å². The largest absolute Gasteiger partial charge is 0.870 e. The predicted molar refractivity (Wildman–Crippen MR) is 56.9 cm³/mol. The van der Waals surface area contributed by atoms with E-state index in [0.717, 1.165) is 4.55 Å². The topological polar surface area (TPSA) is 90.7 Å². The van der Waals surface area contributed by atoms with Gasteiger partial charge < -0.3 is 25.3 Å². The van der Waals surface area contributed by atoms with E-state index in [4.69, 9.17) is 15.3 Å². The molecule has 0 fully saturated rings. The fraction of sp³-hybridized carbons (Fsp3) is 1.00. The Morgan fingerprint density at radius 1 is 0.846 bits per heavy atom. The molecule has 5 nitrogen and oxygen atoms in total. The minimum Gasteiger partial charge on any atom is -0.870 e. The minimum atomic E-state index is 0. The van der Waals surface area contributed by atoms with Crippen molar-refractivity contribution in [3.8, 4) is 0 Å². The minimum absolute atomic E-state index is 0. The molecule has 0 atom stereocenters. The Balaban J connectivity index is 0. The highest BCUT2D eigenvalue weighted by atomic mass is 127. The van der Waals surface area contributed by atoms with Gasteiger partial charge in [-0.1, -0.05) is 0 Å². The normalized spacial score (nSPS) is 11.1. The lowest BCUT2D eigenvalue weighted by Crippen LogP contribution is -2.52. The van der Waals surface area contributed by atoms with Gasteiger partial charge in [-0.2, -0.15) is 0 Å². The molecule has 0 rings (SSSR count). The number of hydrogen-bond donors (Lipinski definition) is 3. The molecule has 13 heavy (non-hydrogen) atoms. The molecule has 0 unspecified atom stereocenters. The zero-order valence-electron chi connectivity index (χ0n) is 7.56. The molecule has 0 aliphatic rings. The highest BCUT2D eigenvalue weighted by Crippen LogP contribution is 2.08. The highest BCUT2D eigenvalue weighted by molar-refractivity contribution is 14.1. The molecule has 0 aromatic carbocycles. The van der Waals surface area contributed by atoms with Gasteiger partial charge >= 0.3 is 0 Å². The van der Waals surface area contributed by atoms with Crippen LogP contribution in [0.2, 0.25) is 0 Å². The molecule has 0 aromatic rings. The first kappa shape index (κ1) is 16.0. The van der Waals surface area contributed by atoms with Gasteiger partial charge in [0.1, 0.15) is 24.2 Å². The van der Waals surface area contributed by atoms with Crippen LogP contribution in [0.25, 0.3) is 0 Å². The van der Waals surface area contributed by atoms with E-state index in [0.29, 0.717) is 24.1 Å². The zero-order valence-corrected chi connectivity index (χ0v) is 9.72. The predicted octanol–water partition coefficient (Wildman–Crippen LogP) is -1.00. The van der Waals surface area contributed by atoms with E-state index in [1.54, 1.807) is 0 Å². The van der Waals surface area contributed by atoms with Crippen molar-refractivity contribution < 1.29 is 25.3 Å². The Kier molecular flexibility index (Phi) is 11.2. The molecule has 4 N–H and O–H groups in total. The molecular weight excluding hydrogens is 289 g/mol. The molecule has 0 heterocycles. The number of hydrogen-bond acceptors (Lipinski definition) is 4. The van der Waals surface area contributed by atoms with Crippen molar-refractivity contribution in [2.75, 3.05) is 44.0 Å². The van der Waals surface area contributed by atoms with E-state index < -0.39 is 0 Å². The molecular formula is C7H18INO4. The van der Waals surface area contributed by atoms with Gasteiger partial charge in [0.25, 0.3) is 0 Å². The fourth-order valence-electron chi connectivity index (χ4n) is 1.15.